The summed E-state index contributed by atoms with van der Waals surface area (Å²) in [5.74, 6) is 0.382. The van der Waals surface area contributed by atoms with E-state index in [0.29, 0.717) is 12.4 Å². The van der Waals surface area contributed by atoms with Crippen LogP contribution in [0.3, 0.4) is 0 Å². The lowest BCUT2D eigenvalue weighted by Gasteiger charge is -2.15. The SMILES string of the molecule is COc1ccc(C(=O)Nc2c(C)c(C(F)(F)F)nn2C)c(OCC(C)C)c1. The number of carbonyl (C=O) groups excluding carboxylic acids is 1. The predicted molar refractivity (Wildman–Crippen MR) is 94.2 cm³/mol. The minimum Gasteiger partial charge on any atom is -0.497 e. The van der Waals surface area contributed by atoms with Gasteiger partial charge in [-0.25, -0.2) is 0 Å². The van der Waals surface area contributed by atoms with Crippen LogP contribution in [0.5, 0.6) is 11.5 Å². The predicted octanol–water partition coefficient (Wildman–Crippen LogP) is 4.04. The number of halogens is 3. The molecule has 0 radical (unpaired) electrons. The second-order valence-corrected chi connectivity index (χ2v) is 6.46. The first kappa shape index (κ1) is 20.6. The monoisotopic (exact) mass is 385 g/mol. The van der Waals surface area contributed by atoms with E-state index >= 15 is 0 Å². The number of carbonyl (C=O) groups is 1. The second-order valence-electron chi connectivity index (χ2n) is 6.46. The third-order valence-corrected chi connectivity index (χ3v) is 3.79. The Kier molecular flexibility index (Phi) is 6.02. The molecule has 0 saturated carbocycles. The van der Waals surface area contributed by atoms with Crippen molar-refractivity contribution in [3.8, 4) is 11.5 Å². The first-order chi connectivity index (χ1) is 12.5. The van der Waals surface area contributed by atoms with Crippen LogP contribution in [0, 0.1) is 12.8 Å². The van der Waals surface area contributed by atoms with Crippen molar-refractivity contribution in [2.75, 3.05) is 19.0 Å². The molecule has 1 amide bonds. The van der Waals surface area contributed by atoms with E-state index in [4.69, 9.17) is 9.47 Å². The van der Waals surface area contributed by atoms with Crippen LogP contribution in [0.2, 0.25) is 0 Å². The van der Waals surface area contributed by atoms with Crippen LogP contribution in [0.15, 0.2) is 18.2 Å². The normalized spacial score (nSPS) is 11.6. The molecule has 0 aliphatic carbocycles. The molecule has 0 aliphatic heterocycles. The molecular formula is C18H22F3N3O3. The minimum atomic E-state index is -4.60. The number of nitrogens with one attached hydrogen (secondary N) is 1. The number of aromatic nitrogens is 2. The number of benzene rings is 1. The molecule has 0 fully saturated rings. The number of aryl methyl sites for hydroxylation is 1. The standard InChI is InChI=1S/C18H22F3N3O3/c1-10(2)9-27-14-8-12(26-5)6-7-13(14)17(25)22-16-11(3)15(18(19,20)21)23-24(16)4/h6-8,10H,9H2,1-5H3,(H,22,25). The van der Waals surface area contributed by atoms with Gasteiger partial charge in [0.2, 0.25) is 0 Å². The fourth-order valence-corrected chi connectivity index (χ4v) is 2.44. The van der Waals surface area contributed by atoms with Crippen molar-refractivity contribution < 1.29 is 27.4 Å². The molecule has 2 aromatic rings. The minimum absolute atomic E-state index is 0.0297. The van der Waals surface area contributed by atoms with Gasteiger partial charge in [-0.15, -0.1) is 0 Å². The molecule has 1 aromatic carbocycles. The summed E-state index contributed by atoms with van der Waals surface area (Å²) in [6.07, 6.45) is -4.60. The quantitative estimate of drug-likeness (QED) is 0.815. The van der Waals surface area contributed by atoms with Gasteiger partial charge >= 0.3 is 6.18 Å². The fraction of sp³-hybridized carbons (Fsp3) is 0.444. The maximum absolute atomic E-state index is 13.0. The lowest BCUT2D eigenvalue weighted by molar-refractivity contribution is -0.141. The van der Waals surface area contributed by atoms with Gasteiger partial charge in [0.1, 0.15) is 17.3 Å². The van der Waals surface area contributed by atoms with E-state index in [1.54, 1.807) is 12.1 Å². The molecule has 0 aliphatic rings. The Balaban J connectivity index is 2.35. The molecule has 9 heteroatoms. The van der Waals surface area contributed by atoms with Gasteiger partial charge in [0.25, 0.3) is 5.91 Å². The summed E-state index contributed by atoms with van der Waals surface area (Å²) >= 11 is 0. The average Bonchev–Trinajstić information content (AvgIpc) is 2.87. The Morgan fingerprint density at radius 1 is 1.33 bits per heavy atom. The van der Waals surface area contributed by atoms with Gasteiger partial charge in [-0.05, 0) is 25.0 Å². The van der Waals surface area contributed by atoms with Crippen molar-refractivity contribution in [1.29, 1.82) is 0 Å². The molecule has 0 bridgehead atoms. The summed E-state index contributed by atoms with van der Waals surface area (Å²) in [4.78, 5) is 12.7. The van der Waals surface area contributed by atoms with Crippen LogP contribution in [-0.4, -0.2) is 29.4 Å². The van der Waals surface area contributed by atoms with Crippen LogP contribution in [0.4, 0.5) is 19.0 Å². The molecular weight excluding hydrogens is 363 g/mol. The van der Waals surface area contributed by atoms with E-state index in [-0.39, 0.29) is 28.6 Å². The van der Waals surface area contributed by atoms with Crippen LogP contribution >= 0.6 is 0 Å². The molecule has 27 heavy (non-hydrogen) atoms. The number of methoxy groups -OCH3 is 1. The van der Waals surface area contributed by atoms with Crippen molar-refractivity contribution >= 4 is 11.7 Å². The third-order valence-electron chi connectivity index (χ3n) is 3.79. The third kappa shape index (κ3) is 4.72. The summed E-state index contributed by atoms with van der Waals surface area (Å²) in [5, 5.41) is 5.96. The van der Waals surface area contributed by atoms with Crippen molar-refractivity contribution in [2.45, 2.75) is 26.9 Å². The van der Waals surface area contributed by atoms with Crippen LogP contribution < -0.4 is 14.8 Å². The molecule has 1 heterocycles. The summed E-state index contributed by atoms with van der Waals surface area (Å²) in [6.45, 7) is 5.54. The zero-order chi connectivity index (χ0) is 20.4. The van der Waals surface area contributed by atoms with Crippen molar-refractivity contribution in [3.63, 3.8) is 0 Å². The highest BCUT2D eigenvalue weighted by Gasteiger charge is 2.37. The number of hydrogen-bond acceptors (Lipinski definition) is 4. The van der Waals surface area contributed by atoms with Gasteiger partial charge in [-0.2, -0.15) is 18.3 Å². The van der Waals surface area contributed by atoms with Gasteiger partial charge in [0.05, 0.1) is 19.3 Å². The Hall–Kier alpha value is -2.71. The topological polar surface area (TPSA) is 65.4 Å². The number of hydrogen-bond donors (Lipinski definition) is 1. The number of nitrogens with zero attached hydrogens (tertiary/aromatic N) is 2. The molecule has 0 saturated heterocycles. The van der Waals surface area contributed by atoms with E-state index in [1.807, 2.05) is 13.8 Å². The Bertz CT molecular complexity index is 829. The summed E-state index contributed by atoms with van der Waals surface area (Å²) < 4.78 is 50.8. The summed E-state index contributed by atoms with van der Waals surface area (Å²) in [7, 11) is 2.82. The molecule has 0 atom stereocenters. The molecule has 1 N–H and O–H groups in total. The second kappa shape index (κ2) is 7.89. The lowest BCUT2D eigenvalue weighted by atomic mass is 10.1. The molecule has 0 spiro atoms. The van der Waals surface area contributed by atoms with E-state index in [2.05, 4.69) is 10.4 Å². The highest BCUT2D eigenvalue weighted by molar-refractivity contribution is 6.06. The molecule has 0 unspecified atom stereocenters. The van der Waals surface area contributed by atoms with Crippen LogP contribution in [0.1, 0.15) is 35.5 Å². The van der Waals surface area contributed by atoms with Crippen molar-refractivity contribution in [1.82, 2.24) is 9.78 Å². The Morgan fingerprint density at radius 3 is 2.52 bits per heavy atom. The number of anilines is 1. The molecule has 148 valence electrons. The average molecular weight is 385 g/mol. The summed E-state index contributed by atoms with van der Waals surface area (Å²) in [5.41, 5.74) is -1.01. The number of amides is 1. The molecule has 1 aromatic heterocycles. The van der Waals surface area contributed by atoms with Crippen LogP contribution in [0.25, 0.3) is 0 Å². The van der Waals surface area contributed by atoms with Crippen LogP contribution in [-0.2, 0) is 13.2 Å². The van der Waals surface area contributed by atoms with E-state index in [0.717, 1.165) is 4.68 Å². The zero-order valence-electron chi connectivity index (χ0n) is 15.8. The van der Waals surface area contributed by atoms with Gasteiger partial charge in [-0.3, -0.25) is 9.48 Å². The van der Waals surface area contributed by atoms with Gasteiger partial charge in [0, 0.05) is 18.7 Å². The fourth-order valence-electron chi connectivity index (χ4n) is 2.44. The van der Waals surface area contributed by atoms with E-state index in [9.17, 15) is 18.0 Å². The maximum Gasteiger partial charge on any atom is 0.435 e. The number of rotatable bonds is 6. The molecule has 2 rings (SSSR count). The highest BCUT2D eigenvalue weighted by atomic mass is 19.4. The van der Waals surface area contributed by atoms with Crippen molar-refractivity contribution in [3.05, 3.63) is 35.0 Å². The summed E-state index contributed by atoms with van der Waals surface area (Å²) in [6, 6.07) is 4.64. The maximum atomic E-state index is 13.0. The van der Waals surface area contributed by atoms with Gasteiger partial charge in [0.15, 0.2) is 5.69 Å². The number of ether oxygens (including phenoxy) is 2. The first-order valence-corrected chi connectivity index (χ1v) is 8.27. The Morgan fingerprint density at radius 2 is 2.00 bits per heavy atom. The van der Waals surface area contributed by atoms with E-state index < -0.39 is 17.8 Å². The molecule has 6 nitrogen and oxygen atoms in total. The zero-order valence-corrected chi connectivity index (χ0v) is 15.8. The van der Waals surface area contributed by atoms with Gasteiger partial charge < -0.3 is 14.8 Å². The largest absolute Gasteiger partial charge is 0.497 e. The first-order valence-electron chi connectivity index (χ1n) is 8.27. The smallest absolute Gasteiger partial charge is 0.435 e. The lowest BCUT2D eigenvalue weighted by Crippen LogP contribution is -2.17. The van der Waals surface area contributed by atoms with E-state index in [1.165, 1.54) is 27.1 Å². The van der Waals surface area contributed by atoms with Crippen molar-refractivity contribution in [2.24, 2.45) is 13.0 Å². The Labute approximate surface area is 155 Å². The van der Waals surface area contributed by atoms with Gasteiger partial charge in [-0.1, -0.05) is 13.8 Å². The number of alkyl halides is 3. The highest BCUT2D eigenvalue weighted by Crippen LogP contribution is 2.34.